The molecule has 0 saturated carbocycles. The third kappa shape index (κ3) is 5.41. The molecule has 1 atom stereocenters. The summed E-state index contributed by atoms with van der Waals surface area (Å²) in [5.74, 6) is -1.21. The lowest BCUT2D eigenvalue weighted by molar-refractivity contribution is -0.127. The minimum absolute atomic E-state index is 0.142. The van der Waals surface area contributed by atoms with Gasteiger partial charge in [-0.05, 0) is 66.9 Å². The van der Waals surface area contributed by atoms with Crippen molar-refractivity contribution < 1.29 is 18.7 Å². The number of amides is 2. The molecule has 0 aliphatic rings. The van der Waals surface area contributed by atoms with Crippen LogP contribution < -0.4 is 10.2 Å². The van der Waals surface area contributed by atoms with Gasteiger partial charge in [-0.25, -0.2) is 9.07 Å². The van der Waals surface area contributed by atoms with E-state index in [1.54, 1.807) is 6.07 Å². The number of nitrogens with zero attached hydrogens (tertiary/aromatic N) is 4. The van der Waals surface area contributed by atoms with Gasteiger partial charge in [0.2, 0.25) is 11.8 Å². The van der Waals surface area contributed by atoms with Crippen molar-refractivity contribution in [3.63, 3.8) is 0 Å². The summed E-state index contributed by atoms with van der Waals surface area (Å²) in [7, 11) is 1.54. The second-order valence-electron chi connectivity index (χ2n) is 8.51. The van der Waals surface area contributed by atoms with Crippen molar-refractivity contribution >= 4 is 28.5 Å². The molecule has 36 heavy (non-hydrogen) atoms. The molecule has 3 aromatic carbocycles. The molecule has 0 fully saturated rings. The SMILES string of the molecule is COCCNC(=O)[C@@H](c1ccc(F)cc1)N(C(=O)Cn1nnc2ccccc21)c1ccc(C)c(C)c1. The lowest BCUT2D eigenvalue weighted by atomic mass is 10.0. The smallest absolute Gasteiger partial charge is 0.249 e. The number of methoxy groups -OCH3 is 1. The predicted molar refractivity (Wildman–Crippen MR) is 135 cm³/mol. The van der Waals surface area contributed by atoms with Gasteiger partial charge in [-0.15, -0.1) is 5.10 Å². The highest BCUT2D eigenvalue weighted by molar-refractivity contribution is 6.01. The molecule has 186 valence electrons. The fourth-order valence-electron chi connectivity index (χ4n) is 3.99. The molecular weight excluding hydrogens is 461 g/mol. The maximum atomic E-state index is 13.9. The largest absolute Gasteiger partial charge is 0.383 e. The molecular formula is C27H28FN5O3. The lowest BCUT2D eigenvalue weighted by Crippen LogP contribution is -2.46. The summed E-state index contributed by atoms with van der Waals surface area (Å²) in [6, 6.07) is 17.4. The number of fused-ring (bicyclic) bond motifs is 1. The number of hydrogen-bond acceptors (Lipinski definition) is 5. The Balaban J connectivity index is 1.79. The van der Waals surface area contributed by atoms with Gasteiger partial charge in [0.1, 0.15) is 23.9 Å². The zero-order valence-corrected chi connectivity index (χ0v) is 20.4. The predicted octanol–water partition coefficient (Wildman–Crippen LogP) is 3.72. The zero-order valence-electron chi connectivity index (χ0n) is 20.4. The third-order valence-corrected chi connectivity index (χ3v) is 6.04. The molecule has 0 spiro atoms. The first kappa shape index (κ1) is 25.0. The van der Waals surface area contributed by atoms with Gasteiger partial charge in [-0.2, -0.15) is 0 Å². The lowest BCUT2D eigenvalue weighted by Gasteiger charge is -2.32. The highest BCUT2D eigenvalue weighted by atomic mass is 19.1. The van der Waals surface area contributed by atoms with Crippen LogP contribution in [-0.4, -0.2) is 47.1 Å². The fraction of sp³-hybridized carbons (Fsp3) is 0.259. The Bertz CT molecular complexity index is 1370. The van der Waals surface area contributed by atoms with E-state index in [2.05, 4.69) is 15.6 Å². The maximum absolute atomic E-state index is 13.9. The van der Waals surface area contributed by atoms with E-state index in [1.807, 2.05) is 50.2 Å². The molecule has 0 saturated heterocycles. The quantitative estimate of drug-likeness (QED) is 0.362. The molecule has 0 unspecified atom stereocenters. The van der Waals surface area contributed by atoms with Crippen LogP contribution in [0.1, 0.15) is 22.7 Å². The second kappa shape index (κ2) is 11.1. The maximum Gasteiger partial charge on any atom is 0.249 e. The summed E-state index contributed by atoms with van der Waals surface area (Å²) in [6.45, 7) is 4.34. The molecule has 8 nitrogen and oxygen atoms in total. The van der Waals surface area contributed by atoms with Gasteiger partial charge < -0.3 is 10.1 Å². The van der Waals surface area contributed by atoms with Gasteiger partial charge in [-0.1, -0.05) is 35.5 Å². The molecule has 0 aliphatic heterocycles. The molecule has 0 bridgehead atoms. The highest BCUT2D eigenvalue weighted by Gasteiger charge is 2.33. The summed E-state index contributed by atoms with van der Waals surface area (Å²) in [5.41, 5.74) is 4.40. The Morgan fingerprint density at radius 2 is 1.81 bits per heavy atom. The number of halogens is 1. The Morgan fingerprint density at radius 3 is 2.53 bits per heavy atom. The molecule has 2 amide bonds. The van der Waals surface area contributed by atoms with Crippen LogP contribution in [0.5, 0.6) is 0 Å². The zero-order chi connectivity index (χ0) is 25.7. The van der Waals surface area contributed by atoms with Crippen LogP contribution in [0.2, 0.25) is 0 Å². The minimum Gasteiger partial charge on any atom is -0.383 e. The van der Waals surface area contributed by atoms with Gasteiger partial charge >= 0.3 is 0 Å². The number of anilines is 1. The van der Waals surface area contributed by atoms with Crippen LogP contribution in [0.25, 0.3) is 11.0 Å². The van der Waals surface area contributed by atoms with Crippen molar-refractivity contribution in [3.8, 4) is 0 Å². The molecule has 4 aromatic rings. The molecule has 1 heterocycles. The van der Waals surface area contributed by atoms with Crippen molar-refractivity contribution in [1.82, 2.24) is 20.3 Å². The van der Waals surface area contributed by atoms with Crippen LogP contribution in [-0.2, 0) is 20.9 Å². The number of aryl methyl sites for hydroxylation is 2. The Labute approximate surface area is 208 Å². The molecule has 0 radical (unpaired) electrons. The summed E-state index contributed by atoms with van der Waals surface area (Å²) >= 11 is 0. The van der Waals surface area contributed by atoms with Gasteiger partial charge in [0.05, 0.1) is 12.1 Å². The van der Waals surface area contributed by atoms with E-state index in [-0.39, 0.29) is 19.0 Å². The average Bonchev–Trinajstić information content (AvgIpc) is 3.27. The summed E-state index contributed by atoms with van der Waals surface area (Å²) in [5, 5.41) is 11.1. The second-order valence-corrected chi connectivity index (χ2v) is 8.51. The standard InChI is InChI=1S/C27H28FN5O3/c1-18-8-13-22(16-19(18)2)33(25(34)17-32-24-7-5-4-6-23(24)30-31-32)26(27(35)29-14-15-36-3)20-9-11-21(28)12-10-20/h4-13,16,26H,14-15,17H2,1-3H3,(H,29,35)/t26-/m1/s1. The average molecular weight is 490 g/mol. The van der Waals surface area contributed by atoms with E-state index in [4.69, 9.17) is 4.74 Å². The van der Waals surface area contributed by atoms with Crippen LogP contribution in [0.4, 0.5) is 10.1 Å². The van der Waals surface area contributed by atoms with E-state index in [9.17, 15) is 14.0 Å². The monoisotopic (exact) mass is 489 g/mol. The number of hydrogen-bond donors (Lipinski definition) is 1. The minimum atomic E-state index is -1.05. The van der Waals surface area contributed by atoms with Gasteiger partial charge in [0.25, 0.3) is 0 Å². The molecule has 9 heteroatoms. The van der Waals surface area contributed by atoms with Gasteiger partial charge in [0.15, 0.2) is 0 Å². The highest BCUT2D eigenvalue weighted by Crippen LogP contribution is 2.30. The fourth-order valence-corrected chi connectivity index (χ4v) is 3.99. The van der Waals surface area contributed by atoms with Crippen LogP contribution >= 0.6 is 0 Å². The number of aromatic nitrogens is 3. The number of carbonyl (C=O) groups excluding carboxylic acids is 2. The normalized spacial score (nSPS) is 11.9. The first-order chi connectivity index (χ1) is 17.4. The molecule has 4 rings (SSSR count). The van der Waals surface area contributed by atoms with Crippen molar-refractivity contribution in [2.45, 2.75) is 26.4 Å². The number of ether oxygens (including phenoxy) is 1. The first-order valence-corrected chi connectivity index (χ1v) is 11.6. The summed E-state index contributed by atoms with van der Waals surface area (Å²) < 4.78 is 20.3. The van der Waals surface area contributed by atoms with Crippen molar-refractivity contribution in [1.29, 1.82) is 0 Å². The Kier molecular flexibility index (Phi) is 7.70. The van der Waals surface area contributed by atoms with Crippen LogP contribution in [0.3, 0.4) is 0 Å². The van der Waals surface area contributed by atoms with E-state index in [1.165, 1.54) is 41.0 Å². The molecule has 0 aliphatic carbocycles. The van der Waals surface area contributed by atoms with E-state index < -0.39 is 17.8 Å². The third-order valence-electron chi connectivity index (χ3n) is 6.04. The van der Waals surface area contributed by atoms with Gasteiger partial charge in [0, 0.05) is 19.3 Å². The van der Waals surface area contributed by atoms with E-state index in [0.717, 1.165) is 11.1 Å². The Hall–Kier alpha value is -4.11. The molecule has 1 N–H and O–H groups in total. The number of para-hydroxylation sites is 1. The van der Waals surface area contributed by atoms with Crippen LogP contribution in [0.15, 0.2) is 66.7 Å². The topological polar surface area (TPSA) is 89.4 Å². The Morgan fingerprint density at radius 1 is 1.06 bits per heavy atom. The number of carbonyl (C=O) groups is 2. The number of nitrogens with one attached hydrogen (secondary N) is 1. The van der Waals surface area contributed by atoms with Crippen molar-refractivity contribution in [3.05, 3.63) is 89.2 Å². The van der Waals surface area contributed by atoms with Gasteiger partial charge in [-0.3, -0.25) is 14.5 Å². The number of rotatable bonds is 9. The molecule has 1 aromatic heterocycles. The van der Waals surface area contributed by atoms with E-state index in [0.29, 0.717) is 28.9 Å². The summed E-state index contributed by atoms with van der Waals surface area (Å²) in [6.07, 6.45) is 0. The van der Waals surface area contributed by atoms with Crippen molar-refractivity contribution in [2.75, 3.05) is 25.2 Å². The van der Waals surface area contributed by atoms with Crippen LogP contribution in [0, 0.1) is 19.7 Å². The van der Waals surface area contributed by atoms with Crippen molar-refractivity contribution in [2.24, 2.45) is 0 Å². The summed E-state index contributed by atoms with van der Waals surface area (Å²) in [4.78, 5) is 28.9. The number of benzene rings is 3. The first-order valence-electron chi connectivity index (χ1n) is 11.6. The van der Waals surface area contributed by atoms with E-state index >= 15 is 0 Å².